The Morgan fingerprint density at radius 3 is 1.75 bits per heavy atom. The van der Waals surface area contributed by atoms with Crippen LogP contribution in [0, 0.1) is 5.41 Å². The number of hydrogen-bond donors (Lipinski definition) is 0. The highest BCUT2D eigenvalue weighted by molar-refractivity contribution is 8.00. The molecule has 1 saturated heterocycles. The molecule has 0 bridgehead atoms. The van der Waals surface area contributed by atoms with Crippen LogP contribution in [0.4, 0.5) is 0 Å². The lowest BCUT2D eigenvalue weighted by atomic mass is 9.81. The van der Waals surface area contributed by atoms with E-state index in [0.717, 1.165) is 5.41 Å². The van der Waals surface area contributed by atoms with E-state index in [4.69, 9.17) is 0 Å². The molecule has 0 saturated carbocycles. The first-order valence-corrected chi connectivity index (χ1v) is 6.56. The Bertz CT molecular complexity index is 106. The van der Waals surface area contributed by atoms with E-state index in [9.17, 15) is 0 Å². The highest BCUT2D eigenvalue weighted by Crippen LogP contribution is 2.45. The van der Waals surface area contributed by atoms with Crippen molar-refractivity contribution in [1.82, 2.24) is 0 Å². The third-order valence-corrected chi connectivity index (χ3v) is 4.57. The van der Waals surface area contributed by atoms with Gasteiger partial charge in [-0.1, -0.05) is 39.5 Å². The van der Waals surface area contributed by atoms with E-state index < -0.39 is 0 Å². The fourth-order valence-corrected chi connectivity index (χ4v) is 3.27. The molecule has 0 aromatic carbocycles. The molecule has 0 spiro atoms. The number of hydrogen-bond acceptors (Lipinski definition) is 1. The van der Waals surface area contributed by atoms with Crippen molar-refractivity contribution in [3.63, 3.8) is 0 Å². The van der Waals surface area contributed by atoms with Gasteiger partial charge in [0.25, 0.3) is 0 Å². The molecule has 0 atom stereocenters. The summed E-state index contributed by atoms with van der Waals surface area (Å²) in [6.45, 7) is 4.61. The van der Waals surface area contributed by atoms with Gasteiger partial charge in [-0.3, -0.25) is 0 Å². The largest absolute Gasteiger partial charge is 0.161 e. The summed E-state index contributed by atoms with van der Waals surface area (Å²) in [6, 6.07) is 0. The third kappa shape index (κ3) is 2.69. The van der Waals surface area contributed by atoms with Gasteiger partial charge >= 0.3 is 0 Å². The van der Waals surface area contributed by atoms with Crippen LogP contribution in [-0.4, -0.2) is 11.5 Å². The third-order valence-electron chi connectivity index (χ3n) is 2.94. The number of thioether (sulfide) groups is 1. The molecule has 0 unspecified atom stereocenters. The van der Waals surface area contributed by atoms with Crippen molar-refractivity contribution < 1.29 is 0 Å². The minimum atomic E-state index is 0.788. The number of unbranched alkanes of at least 4 members (excludes halogenated alkanes) is 2. The maximum absolute atomic E-state index is 2.30. The summed E-state index contributed by atoms with van der Waals surface area (Å²) >= 11 is 2.14. The average Bonchev–Trinajstić information content (AvgIpc) is 2.02. The first-order chi connectivity index (χ1) is 5.83. The van der Waals surface area contributed by atoms with Gasteiger partial charge < -0.3 is 0 Å². The Morgan fingerprint density at radius 1 is 1.00 bits per heavy atom. The van der Waals surface area contributed by atoms with Crippen molar-refractivity contribution in [1.29, 1.82) is 0 Å². The van der Waals surface area contributed by atoms with E-state index in [1.165, 1.54) is 50.0 Å². The van der Waals surface area contributed by atoms with Crippen molar-refractivity contribution in [3.05, 3.63) is 0 Å². The Kier molecular flexibility index (Phi) is 4.49. The fraction of sp³-hybridized carbons (Fsp3) is 1.00. The topological polar surface area (TPSA) is 0 Å². The molecule has 0 N–H and O–H groups in total. The molecule has 1 fully saturated rings. The first-order valence-electron chi connectivity index (χ1n) is 5.41. The summed E-state index contributed by atoms with van der Waals surface area (Å²) in [7, 11) is 0. The molecule has 1 aliphatic heterocycles. The summed E-state index contributed by atoms with van der Waals surface area (Å²) in [6.07, 6.45) is 8.64. The van der Waals surface area contributed by atoms with E-state index >= 15 is 0 Å². The van der Waals surface area contributed by atoms with Gasteiger partial charge in [0, 0.05) is 0 Å². The molecule has 0 radical (unpaired) electrons. The fourth-order valence-electron chi connectivity index (χ4n) is 1.91. The second kappa shape index (κ2) is 5.16. The van der Waals surface area contributed by atoms with Crippen LogP contribution in [0.15, 0.2) is 0 Å². The number of rotatable bonds is 6. The van der Waals surface area contributed by atoms with Gasteiger partial charge in [-0.05, 0) is 29.8 Å². The SMILES string of the molecule is CCCCC1(CCCC)CSC1. The zero-order valence-corrected chi connectivity index (χ0v) is 9.38. The Balaban J connectivity index is 2.19. The predicted octanol–water partition coefficient (Wildman–Crippen LogP) is 4.10. The first kappa shape index (κ1) is 10.4. The lowest BCUT2D eigenvalue weighted by Gasteiger charge is -2.41. The van der Waals surface area contributed by atoms with Crippen LogP contribution in [0.5, 0.6) is 0 Å². The van der Waals surface area contributed by atoms with Gasteiger partial charge in [0.15, 0.2) is 0 Å². The lowest BCUT2D eigenvalue weighted by Crippen LogP contribution is -2.35. The van der Waals surface area contributed by atoms with E-state index in [1.807, 2.05) is 0 Å². The molecule has 1 heterocycles. The summed E-state index contributed by atoms with van der Waals surface area (Å²) in [4.78, 5) is 0. The van der Waals surface area contributed by atoms with E-state index in [2.05, 4.69) is 25.6 Å². The van der Waals surface area contributed by atoms with Crippen LogP contribution >= 0.6 is 11.8 Å². The normalized spacial score (nSPS) is 20.5. The minimum absolute atomic E-state index is 0.788. The quantitative estimate of drug-likeness (QED) is 0.602. The van der Waals surface area contributed by atoms with Crippen LogP contribution < -0.4 is 0 Å². The molecule has 72 valence electrons. The van der Waals surface area contributed by atoms with Crippen LogP contribution in [-0.2, 0) is 0 Å². The monoisotopic (exact) mass is 186 g/mol. The molecule has 0 nitrogen and oxygen atoms in total. The summed E-state index contributed by atoms with van der Waals surface area (Å²) in [5.41, 5.74) is 0.788. The van der Waals surface area contributed by atoms with Crippen molar-refractivity contribution in [2.24, 2.45) is 5.41 Å². The second-order valence-corrected chi connectivity index (χ2v) is 5.19. The van der Waals surface area contributed by atoms with E-state index in [0.29, 0.717) is 0 Å². The standard InChI is InChI=1S/C11H22S/c1-3-5-7-11(8-6-4-2)9-12-10-11/h3-10H2,1-2H3. The van der Waals surface area contributed by atoms with Crippen molar-refractivity contribution in [2.45, 2.75) is 52.4 Å². The van der Waals surface area contributed by atoms with E-state index in [-0.39, 0.29) is 0 Å². The van der Waals surface area contributed by atoms with Crippen molar-refractivity contribution >= 4 is 11.8 Å². The molecule has 12 heavy (non-hydrogen) atoms. The van der Waals surface area contributed by atoms with Crippen molar-refractivity contribution in [3.8, 4) is 0 Å². The lowest BCUT2D eigenvalue weighted by molar-refractivity contribution is 0.285. The van der Waals surface area contributed by atoms with Gasteiger partial charge in [-0.25, -0.2) is 0 Å². The molecule has 0 aromatic heterocycles. The predicted molar refractivity (Wildman–Crippen MR) is 58.8 cm³/mol. The molecule has 1 heteroatoms. The van der Waals surface area contributed by atoms with E-state index in [1.54, 1.807) is 0 Å². The Labute approximate surface area is 81.5 Å². The zero-order valence-electron chi connectivity index (χ0n) is 8.57. The maximum atomic E-state index is 2.30. The van der Waals surface area contributed by atoms with Gasteiger partial charge in [0.05, 0.1) is 0 Å². The van der Waals surface area contributed by atoms with Gasteiger partial charge in [0.2, 0.25) is 0 Å². The Hall–Kier alpha value is 0.350. The average molecular weight is 186 g/mol. The van der Waals surface area contributed by atoms with Crippen LogP contribution in [0.2, 0.25) is 0 Å². The highest BCUT2D eigenvalue weighted by Gasteiger charge is 2.35. The van der Waals surface area contributed by atoms with Gasteiger partial charge in [-0.15, -0.1) is 0 Å². The molecule has 0 amide bonds. The zero-order chi connectivity index (χ0) is 8.86. The maximum Gasteiger partial charge on any atom is -0.000269 e. The Morgan fingerprint density at radius 2 is 1.50 bits per heavy atom. The molecule has 1 rings (SSSR count). The summed E-state index contributed by atoms with van der Waals surface area (Å²) in [5.74, 6) is 2.90. The van der Waals surface area contributed by atoms with Crippen molar-refractivity contribution in [2.75, 3.05) is 11.5 Å². The summed E-state index contributed by atoms with van der Waals surface area (Å²) in [5, 5.41) is 0. The molecule has 0 aliphatic carbocycles. The molecular weight excluding hydrogens is 164 g/mol. The van der Waals surface area contributed by atoms with Gasteiger partial charge in [0.1, 0.15) is 0 Å². The molecule has 1 aliphatic rings. The highest BCUT2D eigenvalue weighted by atomic mass is 32.2. The van der Waals surface area contributed by atoms with Gasteiger partial charge in [-0.2, -0.15) is 11.8 Å². The van der Waals surface area contributed by atoms with Crippen LogP contribution in [0.1, 0.15) is 52.4 Å². The molecular formula is C11H22S. The summed E-state index contributed by atoms with van der Waals surface area (Å²) < 4.78 is 0. The van der Waals surface area contributed by atoms with Crippen LogP contribution in [0.25, 0.3) is 0 Å². The smallest absolute Gasteiger partial charge is 0.000269 e. The minimum Gasteiger partial charge on any atom is -0.161 e. The van der Waals surface area contributed by atoms with Crippen LogP contribution in [0.3, 0.4) is 0 Å². The second-order valence-electron chi connectivity index (χ2n) is 4.20. The molecule has 0 aromatic rings.